The lowest BCUT2D eigenvalue weighted by Crippen LogP contribution is -2.39. The van der Waals surface area contributed by atoms with Crippen molar-refractivity contribution < 1.29 is 4.79 Å². The summed E-state index contributed by atoms with van der Waals surface area (Å²) in [5.41, 5.74) is 0. The van der Waals surface area contributed by atoms with E-state index in [2.05, 4.69) is 17.6 Å². The fourth-order valence-corrected chi connectivity index (χ4v) is 3.15. The molecule has 1 heterocycles. The highest BCUT2D eigenvalue weighted by atomic mass is 16.1. The standard InChI is InChI=1S/C14H26N2O/c1-11(9-12-5-3-2-4-6-12)14(17)16-13-7-8-15-10-13/h11-13,15H,2-10H2,1H3,(H,16,17). The van der Waals surface area contributed by atoms with Crippen LogP contribution in [0.5, 0.6) is 0 Å². The van der Waals surface area contributed by atoms with Crippen LogP contribution in [0.15, 0.2) is 0 Å². The van der Waals surface area contributed by atoms with Gasteiger partial charge in [-0.05, 0) is 25.3 Å². The van der Waals surface area contributed by atoms with Crippen molar-refractivity contribution in [1.29, 1.82) is 0 Å². The smallest absolute Gasteiger partial charge is 0.223 e. The number of carbonyl (C=O) groups is 1. The van der Waals surface area contributed by atoms with Gasteiger partial charge < -0.3 is 10.6 Å². The lowest BCUT2D eigenvalue weighted by atomic mass is 9.83. The summed E-state index contributed by atoms with van der Waals surface area (Å²) in [4.78, 5) is 12.0. The average Bonchev–Trinajstić information content (AvgIpc) is 2.83. The van der Waals surface area contributed by atoms with Crippen LogP contribution in [0, 0.1) is 11.8 Å². The Morgan fingerprint density at radius 1 is 1.29 bits per heavy atom. The fourth-order valence-electron chi connectivity index (χ4n) is 3.15. The first-order valence-electron chi connectivity index (χ1n) is 7.27. The van der Waals surface area contributed by atoms with Gasteiger partial charge in [0.05, 0.1) is 0 Å². The normalized spacial score (nSPS) is 27.9. The van der Waals surface area contributed by atoms with E-state index in [0.29, 0.717) is 6.04 Å². The Hall–Kier alpha value is -0.570. The Labute approximate surface area is 105 Å². The third-order valence-electron chi connectivity index (χ3n) is 4.27. The second-order valence-corrected chi connectivity index (χ2v) is 5.84. The average molecular weight is 238 g/mol. The van der Waals surface area contributed by atoms with E-state index in [4.69, 9.17) is 0 Å². The van der Waals surface area contributed by atoms with Crippen LogP contribution in [0.1, 0.15) is 51.9 Å². The van der Waals surface area contributed by atoms with E-state index in [1.807, 2.05) is 0 Å². The Balaban J connectivity index is 1.70. The van der Waals surface area contributed by atoms with Crippen molar-refractivity contribution in [3.63, 3.8) is 0 Å². The molecule has 2 aliphatic rings. The molecule has 2 rings (SSSR count). The van der Waals surface area contributed by atoms with Gasteiger partial charge in [0.25, 0.3) is 0 Å². The zero-order valence-corrected chi connectivity index (χ0v) is 11.0. The molecule has 2 unspecified atom stereocenters. The molecule has 0 spiro atoms. The van der Waals surface area contributed by atoms with E-state index >= 15 is 0 Å². The van der Waals surface area contributed by atoms with Gasteiger partial charge >= 0.3 is 0 Å². The Morgan fingerprint density at radius 3 is 2.71 bits per heavy atom. The van der Waals surface area contributed by atoms with E-state index in [1.54, 1.807) is 0 Å². The number of rotatable bonds is 4. The molecular formula is C14H26N2O. The molecule has 17 heavy (non-hydrogen) atoms. The van der Waals surface area contributed by atoms with Crippen LogP contribution in [-0.2, 0) is 4.79 Å². The number of amides is 1. The third-order valence-corrected chi connectivity index (χ3v) is 4.27. The molecule has 0 aromatic rings. The van der Waals surface area contributed by atoms with Gasteiger partial charge in [-0.2, -0.15) is 0 Å². The molecule has 0 radical (unpaired) electrons. The molecule has 2 atom stereocenters. The van der Waals surface area contributed by atoms with Gasteiger partial charge in [-0.3, -0.25) is 4.79 Å². The molecule has 2 N–H and O–H groups in total. The number of hydrogen-bond donors (Lipinski definition) is 2. The molecule has 98 valence electrons. The lowest BCUT2D eigenvalue weighted by molar-refractivity contribution is -0.125. The van der Waals surface area contributed by atoms with Gasteiger partial charge in [0.15, 0.2) is 0 Å². The molecule has 2 fully saturated rings. The SMILES string of the molecule is CC(CC1CCCCC1)C(=O)NC1CCNC1. The van der Waals surface area contributed by atoms with E-state index in [0.717, 1.165) is 31.8 Å². The van der Waals surface area contributed by atoms with Crippen molar-refractivity contribution in [2.24, 2.45) is 11.8 Å². The van der Waals surface area contributed by atoms with E-state index in [9.17, 15) is 4.79 Å². The van der Waals surface area contributed by atoms with Gasteiger partial charge in [-0.1, -0.05) is 39.0 Å². The van der Waals surface area contributed by atoms with Gasteiger partial charge in [0, 0.05) is 18.5 Å². The topological polar surface area (TPSA) is 41.1 Å². The van der Waals surface area contributed by atoms with Gasteiger partial charge in [0.2, 0.25) is 5.91 Å². The molecule has 3 heteroatoms. The third kappa shape index (κ3) is 3.98. The zero-order valence-electron chi connectivity index (χ0n) is 11.0. The van der Waals surface area contributed by atoms with Crippen LogP contribution in [-0.4, -0.2) is 25.0 Å². The van der Waals surface area contributed by atoms with Crippen LogP contribution < -0.4 is 10.6 Å². The summed E-state index contributed by atoms with van der Waals surface area (Å²) in [5, 5.41) is 6.45. The molecule has 0 aromatic heterocycles. The largest absolute Gasteiger partial charge is 0.352 e. The highest BCUT2D eigenvalue weighted by molar-refractivity contribution is 5.78. The molecule has 3 nitrogen and oxygen atoms in total. The Morgan fingerprint density at radius 2 is 2.06 bits per heavy atom. The Kier molecular flexibility index (Phi) is 4.84. The van der Waals surface area contributed by atoms with Crippen LogP contribution in [0.3, 0.4) is 0 Å². The predicted molar refractivity (Wildman–Crippen MR) is 69.8 cm³/mol. The summed E-state index contributed by atoms with van der Waals surface area (Å²) in [7, 11) is 0. The van der Waals surface area contributed by atoms with Crippen LogP contribution in [0.2, 0.25) is 0 Å². The summed E-state index contributed by atoms with van der Waals surface area (Å²) in [6.45, 7) is 4.08. The minimum absolute atomic E-state index is 0.193. The monoisotopic (exact) mass is 238 g/mol. The molecule has 1 amide bonds. The van der Waals surface area contributed by atoms with E-state index in [-0.39, 0.29) is 11.8 Å². The number of nitrogens with one attached hydrogen (secondary N) is 2. The first-order chi connectivity index (χ1) is 8.25. The van der Waals surface area contributed by atoms with Crippen molar-refractivity contribution in [2.75, 3.05) is 13.1 Å². The molecule has 1 saturated carbocycles. The highest BCUT2D eigenvalue weighted by Gasteiger charge is 2.23. The second-order valence-electron chi connectivity index (χ2n) is 5.84. The van der Waals surface area contributed by atoms with Crippen molar-refractivity contribution in [1.82, 2.24) is 10.6 Å². The lowest BCUT2D eigenvalue weighted by Gasteiger charge is -2.25. The van der Waals surface area contributed by atoms with Crippen LogP contribution >= 0.6 is 0 Å². The maximum atomic E-state index is 12.0. The first kappa shape index (κ1) is 12.9. The zero-order chi connectivity index (χ0) is 12.1. The quantitative estimate of drug-likeness (QED) is 0.787. The maximum absolute atomic E-state index is 12.0. The van der Waals surface area contributed by atoms with Crippen molar-refractivity contribution in [2.45, 2.75) is 57.9 Å². The number of hydrogen-bond acceptors (Lipinski definition) is 2. The van der Waals surface area contributed by atoms with Gasteiger partial charge in [-0.25, -0.2) is 0 Å². The molecule has 1 saturated heterocycles. The van der Waals surface area contributed by atoms with E-state index in [1.165, 1.54) is 32.1 Å². The molecular weight excluding hydrogens is 212 g/mol. The van der Waals surface area contributed by atoms with Crippen LogP contribution in [0.4, 0.5) is 0 Å². The summed E-state index contributed by atoms with van der Waals surface area (Å²) in [6.07, 6.45) is 8.97. The summed E-state index contributed by atoms with van der Waals surface area (Å²) < 4.78 is 0. The second kappa shape index (κ2) is 6.39. The van der Waals surface area contributed by atoms with Gasteiger partial charge in [0.1, 0.15) is 0 Å². The number of carbonyl (C=O) groups excluding carboxylic acids is 1. The molecule has 1 aliphatic carbocycles. The summed E-state index contributed by atoms with van der Waals surface area (Å²) in [6, 6.07) is 0.372. The van der Waals surface area contributed by atoms with E-state index < -0.39 is 0 Å². The maximum Gasteiger partial charge on any atom is 0.223 e. The first-order valence-corrected chi connectivity index (χ1v) is 7.27. The highest BCUT2D eigenvalue weighted by Crippen LogP contribution is 2.29. The van der Waals surface area contributed by atoms with Crippen molar-refractivity contribution >= 4 is 5.91 Å². The summed E-state index contributed by atoms with van der Waals surface area (Å²) >= 11 is 0. The Bertz CT molecular complexity index is 243. The van der Waals surface area contributed by atoms with Crippen LogP contribution in [0.25, 0.3) is 0 Å². The van der Waals surface area contributed by atoms with Crippen molar-refractivity contribution in [3.05, 3.63) is 0 Å². The minimum atomic E-state index is 0.193. The minimum Gasteiger partial charge on any atom is -0.352 e. The van der Waals surface area contributed by atoms with Crippen molar-refractivity contribution in [3.8, 4) is 0 Å². The molecule has 0 aromatic carbocycles. The fraction of sp³-hybridized carbons (Fsp3) is 0.929. The molecule has 0 bridgehead atoms. The molecule has 1 aliphatic heterocycles. The summed E-state index contributed by atoms with van der Waals surface area (Å²) in [5.74, 6) is 1.26. The van der Waals surface area contributed by atoms with Gasteiger partial charge in [-0.15, -0.1) is 0 Å². The predicted octanol–water partition coefficient (Wildman–Crippen LogP) is 2.07.